The predicted molar refractivity (Wildman–Crippen MR) is 202 cm³/mol. The molecule has 290 valence electrons. The van der Waals surface area contributed by atoms with E-state index in [0.717, 1.165) is 80.9 Å². The maximum atomic E-state index is 14.0. The number of carboxylic acid groups (broad SMARTS) is 1. The Labute approximate surface area is 318 Å². The van der Waals surface area contributed by atoms with Gasteiger partial charge in [0.15, 0.2) is 0 Å². The normalized spacial score (nSPS) is 18.9. The van der Waals surface area contributed by atoms with Gasteiger partial charge in [-0.1, -0.05) is 48.5 Å². The van der Waals surface area contributed by atoms with Gasteiger partial charge in [-0.2, -0.15) is 0 Å². The first-order valence-electron chi connectivity index (χ1n) is 18.8. The maximum Gasteiger partial charge on any atom is 0.316 e. The summed E-state index contributed by atoms with van der Waals surface area (Å²) in [5.74, 6) is -3.03. The van der Waals surface area contributed by atoms with Crippen LogP contribution in [0.5, 0.6) is 0 Å². The molecule has 8 rings (SSSR count). The number of piperazine rings is 2. The Kier molecular flexibility index (Phi) is 11.2. The molecule has 2 heterocycles. The van der Waals surface area contributed by atoms with Gasteiger partial charge in [-0.15, -0.1) is 0 Å². The number of carbonyl (C=O) groups excluding carboxylic acids is 1. The van der Waals surface area contributed by atoms with Crippen LogP contribution in [0.3, 0.4) is 0 Å². The van der Waals surface area contributed by atoms with E-state index in [2.05, 4.69) is 21.9 Å². The number of esters is 1. The van der Waals surface area contributed by atoms with Crippen LogP contribution >= 0.6 is 0 Å². The van der Waals surface area contributed by atoms with Crippen LogP contribution in [0.4, 0.5) is 28.9 Å². The highest BCUT2D eigenvalue weighted by Gasteiger charge is 2.53. The van der Waals surface area contributed by atoms with Crippen LogP contribution in [-0.4, -0.2) is 86.3 Å². The average molecular weight is 759 g/mol. The summed E-state index contributed by atoms with van der Waals surface area (Å²) in [5, 5.41) is 9.38. The molecule has 4 fully saturated rings. The van der Waals surface area contributed by atoms with Crippen molar-refractivity contribution >= 4 is 23.3 Å². The Balaban J connectivity index is 0.000000169. The van der Waals surface area contributed by atoms with Crippen molar-refractivity contribution in [2.24, 2.45) is 0 Å². The minimum Gasteiger partial charge on any atom is -0.481 e. The minimum atomic E-state index is -0.737. The molecule has 2 saturated heterocycles. The molecule has 0 amide bonds. The van der Waals surface area contributed by atoms with E-state index in [1.165, 1.54) is 36.9 Å². The number of ether oxygens (including phenoxy) is 1. The van der Waals surface area contributed by atoms with Crippen LogP contribution in [0.2, 0.25) is 0 Å². The number of nitrogens with zero attached hydrogens (tertiary/aromatic N) is 4. The Morgan fingerprint density at radius 1 is 0.582 bits per heavy atom. The van der Waals surface area contributed by atoms with E-state index < -0.39 is 40.1 Å². The lowest BCUT2D eigenvalue weighted by molar-refractivity contribution is -0.143. The van der Waals surface area contributed by atoms with Gasteiger partial charge < -0.3 is 19.6 Å². The summed E-state index contributed by atoms with van der Waals surface area (Å²) >= 11 is 0. The molecule has 4 aromatic carbocycles. The molecule has 0 bridgehead atoms. The number of benzene rings is 4. The van der Waals surface area contributed by atoms with Crippen molar-refractivity contribution in [1.29, 1.82) is 0 Å². The summed E-state index contributed by atoms with van der Waals surface area (Å²) in [6, 6.07) is 23.5. The smallest absolute Gasteiger partial charge is 0.316 e. The Bertz CT molecular complexity index is 1990. The lowest BCUT2D eigenvalue weighted by atomic mass is 9.95. The Morgan fingerprint density at radius 3 is 1.29 bits per heavy atom. The van der Waals surface area contributed by atoms with Crippen molar-refractivity contribution in [3.63, 3.8) is 0 Å². The van der Waals surface area contributed by atoms with Crippen LogP contribution in [-0.2, 0) is 38.2 Å². The second-order valence-corrected chi connectivity index (χ2v) is 15.1. The number of hydrogen-bond donors (Lipinski definition) is 1. The predicted octanol–water partition coefficient (Wildman–Crippen LogP) is 6.89. The molecule has 4 aromatic rings. The van der Waals surface area contributed by atoms with Gasteiger partial charge in [0.2, 0.25) is 0 Å². The molecule has 0 aromatic heterocycles. The molecule has 12 heteroatoms. The molecule has 55 heavy (non-hydrogen) atoms. The molecule has 2 aliphatic heterocycles. The summed E-state index contributed by atoms with van der Waals surface area (Å²) in [5.41, 5.74) is 4.05. The van der Waals surface area contributed by atoms with E-state index >= 15 is 0 Å². The molecule has 4 aliphatic rings. The zero-order valence-electron chi connectivity index (χ0n) is 31.0. The molecule has 1 N–H and O–H groups in total. The van der Waals surface area contributed by atoms with Gasteiger partial charge in [-0.25, -0.2) is 17.6 Å². The van der Waals surface area contributed by atoms with Gasteiger partial charge in [0.25, 0.3) is 0 Å². The number of carboxylic acids is 1. The zero-order chi connectivity index (χ0) is 38.7. The monoisotopic (exact) mass is 758 g/mol. The molecule has 2 aliphatic carbocycles. The highest BCUT2D eigenvalue weighted by molar-refractivity contribution is 5.86. The molecular weight excluding hydrogens is 712 g/mol. The summed E-state index contributed by atoms with van der Waals surface area (Å²) in [7, 11) is 1.44. The van der Waals surface area contributed by atoms with E-state index in [1.54, 1.807) is 0 Å². The van der Waals surface area contributed by atoms with Crippen LogP contribution in [0.25, 0.3) is 0 Å². The molecule has 2 saturated carbocycles. The number of methoxy groups -OCH3 is 1. The first kappa shape index (κ1) is 38.3. The van der Waals surface area contributed by atoms with Crippen molar-refractivity contribution in [2.75, 3.05) is 69.3 Å². The first-order chi connectivity index (χ1) is 26.5. The number of hydrogen-bond acceptors (Lipinski definition) is 7. The first-order valence-corrected chi connectivity index (χ1v) is 18.8. The van der Waals surface area contributed by atoms with E-state index in [1.807, 2.05) is 46.2 Å². The van der Waals surface area contributed by atoms with Crippen LogP contribution in [0, 0.1) is 23.3 Å². The van der Waals surface area contributed by atoms with E-state index in [0.29, 0.717) is 50.4 Å². The maximum absolute atomic E-state index is 14.0. The third-order valence-corrected chi connectivity index (χ3v) is 11.6. The van der Waals surface area contributed by atoms with Crippen molar-refractivity contribution in [3.8, 4) is 0 Å². The van der Waals surface area contributed by atoms with E-state index in [-0.39, 0.29) is 5.97 Å². The topological polar surface area (TPSA) is 76.6 Å². The molecule has 8 nitrogen and oxygen atoms in total. The van der Waals surface area contributed by atoms with Gasteiger partial charge in [-0.3, -0.25) is 19.4 Å². The van der Waals surface area contributed by atoms with Gasteiger partial charge in [0.05, 0.1) is 29.3 Å². The number of halogens is 4. The highest BCUT2D eigenvalue weighted by atomic mass is 19.1. The number of carbonyl (C=O) groups is 2. The Morgan fingerprint density at radius 2 is 0.964 bits per heavy atom. The fourth-order valence-corrected chi connectivity index (χ4v) is 7.83. The van der Waals surface area contributed by atoms with E-state index in [9.17, 15) is 32.3 Å². The van der Waals surface area contributed by atoms with Gasteiger partial charge in [0, 0.05) is 77.6 Å². The van der Waals surface area contributed by atoms with Crippen molar-refractivity contribution in [3.05, 3.63) is 130 Å². The van der Waals surface area contributed by atoms with Crippen molar-refractivity contribution in [1.82, 2.24) is 9.80 Å². The third-order valence-electron chi connectivity index (χ3n) is 11.6. The molecule has 0 spiro atoms. The van der Waals surface area contributed by atoms with Gasteiger partial charge in [0.1, 0.15) is 23.3 Å². The number of rotatable bonds is 10. The van der Waals surface area contributed by atoms with E-state index in [4.69, 9.17) is 4.74 Å². The lowest BCUT2D eigenvalue weighted by Gasteiger charge is -2.36. The highest BCUT2D eigenvalue weighted by Crippen LogP contribution is 2.49. The zero-order valence-corrected chi connectivity index (χ0v) is 31.0. The second-order valence-electron chi connectivity index (χ2n) is 15.1. The third kappa shape index (κ3) is 8.50. The van der Waals surface area contributed by atoms with Crippen LogP contribution in [0.15, 0.2) is 84.9 Å². The summed E-state index contributed by atoms with van der Waals surface area (Å²) in [6.45, 7) is 7.56. The van der Waals surface area contributed by atoms with Crippen molar-refractivity contribution in [2.45, 2.75) is 49.6 Å². The summed E-state index contributed by atoms with van der Waals surface area (Å²) in [4.78, 5) is 31.9. The summed E-state index contributed by atoms with van der Waals surface area (Å²) < 4.78 is 59.0. The standard InChI is InChI=1S/C22H24F2N2O2.C21H22F2N2O2/c1-28-21(27)22(8-9-22)17-4-2-16(3-5-17)15-25-10-12-26(13-11-25)20-7-6-18(23)14-19(20)24;22-17-5-6-19(18(23)13-17)25-11-9-24(10-12-25)14-15-1-3-16(4-2-15)21(7-8-21)20(26)27/h2-7,14H,8-13,15H2,1H3;1-6,13H,7-12,14H2,(H,26,27). The Hall–Kier alpha value is -4.94. The quantitative estimate of drug-likeness (QED) is 0.139. The number of anilines is 2. The van der Waals surface area contributed by atoms with Gasteiger partial charge in [-0.05, 0) is 72.2 Å². The van der Waals surface area contributed by atoms with Crippen molar-refractivity contribution < 1.29 is 37.0 Å². The average Bonchev–Trinajstić information content (AvgIpc) is 4.12. The number of aliphatic carboxylic acids is 1. The lowest BCUT2D eigenvalue weighted by Crippen LogP contribution is -2.46. The molecule has 0 unspecified atom stereocenters. The van der Waals surface area contributed by atoms with Gasteiger partial charge >= 0.3 is 11.9 Å². The fraction of sp³-hybridized carbons (Fsp3) is 0.395. The SMILES string of the molecule is COC(=O)C1(c2ccc(CN3CCN(c4ccc(F)cc4F)CC3)cc2)CC1.O=C(O)C1(c2ccc(CN3CCN(c4ccc(F)cc4F)CC3)cc2)CC1. The summed E-state index contributed by atoms with van der Waals surface area (Å²) in [6.07, 6.45) is 3.12. The minimum absolute atomic E-state index is 0.149. The molecule has 0 radical (unpaired) electrons. The largest absolute Gasteiger partial charge is 0.481 e. The molecule has 0 atom stereocenters. The van der Waals surface area contributed by atoms with Crippen LogP contribution < -0.4 is 9.80 Å². The van der Waals surface area contributed by atoms with Crippen LogP contribution in [0.1, 0.15) is 47.9 Å². The fourth-order valence-electron chi connectivity index (χ4n) is 7.83. The molecular formula is C43H46F4N4O4. The second kappa shape index (κ2) is 16.0.